The molecule has 4 nitrogen and oxygen atoms in total. The smallest absolute Gasteiger partial charge is 0.231 e. The summed E-state index contributed by atoms with van der Waals surface area (Å²) in [6.07, 6.45) is 1.81. The standard InChI is InChI=1S/C15H20N4/c1-4-19(5-2)14-11-12-16-15(17-14)18(3)13-9-7-6-8-10-13/h6-12H,4-5H2,1-3H3. The fourth-order valence-corrected chi connectivity index (χ4v) is 1.99. The molecule has 0 saturated carbocycles. The van der Waals surface area contributed by atoms with Crippen molar-refractivity contribution < 1.29 is 0 Å². The van der Waals surface area contributed by atoms with Crippen LogP contribution in [0.15, 0.2) is 42.6 Å². The van der Waals surface area contributed by atoms with E-state index in [0.29, 0.717) is 0 Å². The first-order valence-corrected chi connectivity index (χ1v) is 6.63. The van der Waals surface area contributed by atoms with E-state index in [1.807, 2.05) is 54.5 Å². The van der Waals surface area contributed by atoms with Gasteiger partial charge in [-0.1, -0.05) is 18.2 Å². The van der Waals surface area contributed by atoms with Gasteiger partial charge in [0, 0.05) is 32.0 Å². The molecule has 0 fully saturated rings. The van der Waals surface area contributed by atoms with Crippen molar-refractivity contribution in [3.63, 3.8) is 0 Å². The molecule has 19 heavy (non-hydrogen) atoms. The van der Waals surface area contributed by atoms with Crippen molar-refractivity contribution in [2.24, 2.45) is 0 Å². The molecule has 1 aromatic heterocycles. The molecule has 0 N–H and O–H groups in total. The third kappa shape index (κ3) is 3.02. The molecule has 0 aliphatic heterocycles. The maximum atomic E-state index is 4.63. The van der Waals surface area contributed by atoms with Crippen molar-refractivity contribution in [1.29, 1.82) is 0 Å². The predicted octanol–water partition coefficient (Wildman–Crippen LogP) is 3.09. The highest BCUT2D eigenvalue weighted by atomic mass is 15.3. The quantitative estimate of drug-likeness (QED) is 0.823. The summed E-state index contributed by atoms with van der Waals surface area (Å²) in [5.74, 6) is 1.69. The van der Waals surface area contributed by atoms with Gasteiger partial charge < -0.3 is 9.80 Å². The van der Waals surface area contributed by atoms with Crippen LogP contribution < -0.4 is 9.80 Å². The van der Waals surface area contributed by atoms with Crippen LogP contribution in [-0.2, 0) is 0 Å². The van der Waals surface area contributed by atoms with Gasteiger partial charge >= 0.3 is 0 Å². The molecule has 0 saturated heterocycles. The Labute approximate surface area is 114 Å². The summed E-state index contributed by atoms with van der Waals surface area (Å²) in [6.45, 7) is 6.16. The minimum atomic E-state index is 0.718. The van der Waals surface area contributed by atoms with Crippen LogP contribution in [0, 0.1) is 0 Å². The number of benzene rings is 1. The summed E-state index contributed by atoms with van der Waals surface area (Å²) in [5, 5.41) is 0. The topological polar surface area (TPSA) is 32.3 Å². The number of para-hydroxylation sites is 1. The molecule has 100 valence electrons. The van der Waals surface area contributed by atoms with Crippen LogP contribution in [0.2, 0.25) is 0 Å². The Morgan fingerprint density at radius 2 is 1.68 bits per heavy atom. The fraction of sp³-hybridized carbons (Fsp3) is 0.333. The van der Waals surface area contributed by atoms with Crippen LogP contribution in [0.4, 0.5) is 17.5 Å². The van der Waals surface area contributed by atoms with E-state index in [1.165, 1.54) is 0 Å². The van der Waals surface area contributed by atoms with Crippen LogP contribution in [-0.4, -0.2) is 30.1 Å². The van der Waals surface area contributed by atoms with Crippen molar-refractivity contribution in [3.05, 3.63) is 42.6 Å². The van der Waals surface area contributed by atoms with Crippen LogP contribution in [0.1, 0.15) is 13.8 Å². The van der Waals surface area contributed by atoms with Gasteiger partial charge in [0.25, 0.3) is 0 Å². The Morgan fingerprint density at radius 3 is 2.32 bits per heavy atom. The lowest BCUT2D eigenvalue weighted by Gasteiger charge is -2.22. The van der Waals surface area contributed by atoms with Gasteiger partial charge in [-0.05, 0) is 32.0 Å². The minimum absolute atomic E-state index is 0.718. The van der Waals surface area contributed by atoms with E-state index in [1.54, 1.807) is 0 Å². The van der Waals surface area contributed by atoms with Gasteiger partial charge in [-0.15, -0.1) is 0 Å². The third-order valence-corrected chi connectivity index (χ3v) is 3.16. The average molecular weight is 256 g/mol. The second-order valence-corrected chi connectivity index (χ2v) is 4.28. The number of hydrogen-bond donors (Lipinski definition) is 0. The lowest BCUT2D eigenvalue weighted by atomic mass is 10.3. The maximum absolute atomic E-state index is 4.63. The largest absolute Gasteiger partial charge is 0.357 e. The summed E-state index contributed by atoms with van der Waals surface area (Å²) in [4.78, 5) is 13.2. The fourth-order valence-electron chi connectivity index (χ4n) is 1.99. The highest BCUT2D eigenvalue weighted by molar-refractivity contribution is 5.57. The van der Waals surface area contributed by atoms with E-state index >= 15 is 0 Å². The normalized spacial score (nSPS) is 10.3. The van der Waals surface area contributed by atoms with Gasteiger partial charge in [-0.25, -0.2) is 4.98 Å². The highest BCUT2D eigenvalue weighted by Crippen LogP contribution is 2.21. The van der Waals surface area contributed by atoms with Crippen LogP contribution in [0.3, 0.4) is 0 Å². The Morgan fingerprint density at radius 1 is 1.00 bits per heavy atom. The summed E-state index contributed by atoms with van der Waals surface area (Å²) < 4.78 is 0. The van der Waals surface area contributed by atoms with E-state index in [0.717, 1.165) is 30.5 Å². The van der Waals surface area contributed by atoms with Crippen LogP contribution in [0.25, 0.3) is 0 Å². The van der Waals surface area contributed by atoms with Crippen molar-refractivity contribution in [2.75, 3.05) is 29.9 Å². The van der Waals surface area contributed by atoms with Gasteiger partial charge in [-0.3, -0.25) is 0 Å². The van der Waals surface area contributed by atoms with Gasteiger partial charge in [0.05, 0.1) is 0 Å². The molecule has 0 unspecified atom stereocenters. The van der Waals surface area contributed by atoms with E-state index in [-0.39, 0.29) is 0 Å². The van der Waals surface area contributed by atoms with Gasteiger partial charge in [0.1, 0.15) is 5.82 Å². The summed E-state index contributed by atoms with van der Waals surface area (Å²) in [5.41, 5.74) is 1.08. The molecule has 1 aromatic carbocycles. The molecular formula is C15H20N4. The molecule has 2 aromatic rings. The van der Waals surface area contributed by atoms with Gasteiger partial charge in [0.2, 0.25) is 5.95 Å². The Bertz CT molecular complexity index is 509. The van der Waals surface area contributed by atoms with Gasteiger partial charge in [0.15, 0.2) is 0 Å². The maximum Gasteiger partial charge on any atom is 0.231 e. The van der Waals surface area contributed by atoms with Crippen molar-refractivity contribution >= 4 is 17.5 Å². The Kier molecular flexibility index (Phi) is 4.34. The SMILES string of the molecule is CCN(CC)c1ccnc(N(C)c2ccccc2)n1. The molecule has 2 rings (SSSR count). The number of aromatic nitrogens is 2. The molecule has 4 heteroatoms. The lowest BCUT2D eigenvalue weighted by Crippen LogP contribution is -2.24. The second kappa shape index (κ2) is 6.18. The first-order chi connectivity index (χ1) is 9.26. The van der Waals surface area contributed by atoms with E-state index < -0.39 is 0 Å². The number of anilines is 3. The molecule has 1 heterocycles. The van der Waals surface area contributed by atoms with Crippen molar-refractivity contribution in [2.45, 2.75) is 13.8 Å². The zero-order valence-corrected chi connectivity index (χ0v) is 11.7. The molecule has 0 atom stereocenters. The monoisotopic (exact) mass is 256 g/mol. The molecule has 0 aliphatic rings. The van der Waals surface area contributed by atoms with Crippen LogP contribution in [0.5, 0.6) is 0 Å². The number of hydrogen-bond acceptors (Lipinski definition) is 4. The predicted molar refractivity (Wildman–Crippen MR) is 80.1 cm³/mol. The van der Waals surface area contributed by atoms with Crippen molar-refractivity contribution in [3.8, 4) is 0 Å². The molecule has 0 bridgehead atoms. The third-order valence-electron chi connectivity index (χ3n) is 3.16. The van der Waals surface area contributed by atoms with Crippen molar-refractivity contribution in [1.82, 2.24) is 9.97 Å². The average Bonchev–Trinajstić information content (AvgIpc) is 2.49. The van der Waals surface area contributed by atoms with Crippen LogP contribution >= 0.6 is 0 Å². The first kappa shape index (κ1) is 13.3. The lowest BCUT2D eigenvalue weighted by molar-refractivity contribution is 0.839. The zero-order valence-electron chi connectivity index (χ0n) is 11.7. The summed E-state index contributed by atoms with van der Waals surface area (Å²) in [6, 6.07) is 12.1. The zero-order chi connectivity index (χ0) is 13.7. The van der Waals surface area contributed by atoms with E-state index in [4.69, 9.17) is 0 Å². The highest BCUT2D eigenvalue weighted by Gasteiger charge is 2.09. The Balaban J connectivity index is 2.28. The molecular weight excluding hydrogens is 236 g/mol. The minimum Gasteiger partial charge on any atom is -0.357 e. The number of rotatable bonds is 5. The van der Waals surface area contributed by atoms with E-state index in [9.17, 15) is 0 Å². The number of nitrogens with zero attached hydrogens (tertiary/aromatic N) is 4. The molecule has 0 aliphatic carbocycles. The Hall–Kier alpha value is -2.10. The summed E-state index contributed by atoms with van der Waals surface area (Å²) in [7, 11) is 1.98. The van der Waals surface area contributed by atoms with Gasteiger partial charge in [-0.2, -0.15) is 4.98 Å². The summed E-state index contributed by atoms with van der Waals surface area (Å²) >= 11 is 0. The first-order valence-electron chi connectivity index (χ1n) is 6.63. The second-order valence-electron chi connectivity index (χ2n) is 4.28. The molecule has 0 amide bonds. The molecule has 0 radical (unpaired) electrons. The van der Waals surface area contributed by atoms with E-state index in [2.05, 4.69) is 28.7 Å². The molecule has 0 spiro atoms.